The van der Waals surface area contributed by atoms with E-state index in [2.05, 4.69) is 22.2 Å². The zero-order valence-corrected chi connectivity index (χ0v) is 12.4. The van der Waals surface area contributed by atoms with Crippen molar-refractivity contribution < 1.29 is 4.79 Å². The smallest absolute Gasteiger partial charge is 0.224 e. The van der Waals surface area contributed by atoms with Crippen molar-refractivity contribution in [3.63, 3.8) is 0 Å². The van der Waals surface area contributed by atoms with Crippen LogP contribution in [-0.4, -0.2) is 46.8 Å². The zero-order chi connectivity index (χ0) is 14.5. The van der Waals surface area contributed by atoms with Gasteiger partial charge in [0.25, 0.3) is 0 Å². The summed E-state index contributed by atoms with van der Waals surface area (Å²) in [6, 6.07) is 0. The third-order valence-electron chi connectivity index (χ3n) is 4.05. The molecule has 2 rings (SSSR count). The van der Waals surface area contributed by atoms with Crippen LogP contribution in [0.15, 0.2) is 6.20 Å². The number of carbonyl (C=O) groups excluding carboxylic acids is 1. The molecule has 0 saturated carbocycles. The number of nitrogens with two attached hydrogens (primary N) is 1. The van der Waals surface area contributed by atoms with Crippen molar-refractivity contribution in [2.24, 2.45) is 18.7 Å². The Labute approximate surface area is 120 Å². The van der Waals surface area contributed by atoms with Crippen molar-refractivity contribution in [3.8, 4) is 0 Å². The summed E-state index contributed by atoms with van der Waals surface area (Å²) in [5, 5.41) is 7.17. The molecule has 0 radical (unpaired) electrons. The SMILES string of the molecule is Cc1c(CN2CCCC(C(=O)NCCN)C2)cnn1C. The molecule has 20 heavy (non-hydrogen) atoms. The lowest BCUT2D eigenvalue weighted by atomic mass is 9.96. The molecule has 1 atom stereocenters. The van der Waals surface area contributed by atoms with Crippen LogP contribution < -0.4 is 11.1 Å². The van der Waals surface area contributed by atoms with Crippen molar-refractivity contribution in [1.29, 1.82) is 0 Å². The van der Waals surface area contributed by atoms with E-state index in [-0.39, 0.29) is 11.8 Å². The van der Waals surface area contributed by atoms with E-state index >= 15 is 0 Å². The zero-order valence-electron chi connectivity index (χ0n) is 12.4. The van der Waals surface area contributed by atoms with Gasteiger partial charge in [-0.1, -0.05) is 0 Å². The highest BCUT2D eigenvalue weighted by molar-refractivity contribution is 5.78. The molecule has 112 valence electrons. The van der Waals surface area contributed by atoms with E-state index in [1.807, 2.05) is 17.9 Å². The van der Waals surface area contributed by atoms with Gasteiger partial charge in [0, 0.05) is 44.5 Å². The Kier molecular flexibility index (Phi) is 5.14. The van der Waals surface area contributed by atoms with Gasteiger partial charge in [-0.3, -0.25) is 14.4 Å². The Morgan fingerprint density at radius 1 is 1.60 bits per heavy atom. The Bertz CT molecular complexity index is 456. The fourth-order valence-electron chi connectivity index (χ4n) is 2.69. The van der Waals surface area contributed by atoms with E-state index in [9.17, 15) is 4.79 Å². The fraction of sp³-hybridized carbons (Fsp3) is 0.714. The molecule has 1 fully saturated rings. The van der Waals surface area contributed by atoms with Crippen molar-refractivity contribution in [2.45, 2.75) is 26.3 Å². The number of hydrogen-bond acceptors (Lipinski definition) is 4. The van der Waals surface area contributed by atoms with Crippen LogP contribution in [0.3, 0.4) is 0 Å². The van der Waals surface area contributed by atoms with Gasteiger partial charge in [-0.05, 0) is 26.3 Å². The lowest BCUT2D eigenvalue weighted by Gasteiger charge is -2.31. The molecule has 1 amide bonds. The second kappa shape index (κ2) is 6.85. The van der Waals surface area contributed by atoms with E-state index in [1.165, 1.54) is 11.3 Å². The van der Waals surface area contributed by atoms with Crippen LogP contribution in [-0.2, 0) is 18.4 Å². The topological polar surface area (TPSA) is 76.2 Å². The number of piperidine rings is 1. The number of likely N-dealkylation sites (tertiary alicyclic amines) is 1. The quantitative estimate of drug-likeness (QED) is 0.796. The highest BCUT2D eigenvalue weighted by atomic mass is 16.1. The predicted molar refractivity (Wildman–Crippen MR) is 78.0 cm³/mol. The first-order valence-electron chi connectivity index (χ1n) is 7.29. The van der Waals surface area contributed by atoms with E-state index in [0.29, 0.717) is 13.1 Å². The van der Waals surface area contributed by atoms with Gasteiger partial charge in [-0.25, -0.2) is 0 Å². The predicted octanol–water partition coefficient (Wildman–Crippen LogP) is 0.0154. The molecule has 3 N–H and O–H groups in total. The summed E-state index contributed by atoms with van der Waals surface area (Å²) in [5.74, 6) is 0.232. The Balaban J connectivity index is 1.90. The molecule has 1 unspecified atom stereocenters. The number of amides is 1. The van der Waals surface area contributed by atoms with Crippen LogP contribution in [0.4, 0.5) is 0 Å². The minimum Gasteiger partial charge on any atom is -0.355 e. The maximum atomic E-state index is 12.0. The number of hydrogen-bond donors (Lipinski definition) is 2. The summed E-state index contributed by atoms with van der Waals surface area (Å²) < 4.78 is 1.89. The number of rotatable bonds is 5. The molecule has 6 heteroatoms. The molecule has 2 heterocycles. The molecule has 0 aliphatic carbocycles. The third-order valence-corrected chi connectivity index (χ3v) is 4.05. The highest BCUT2D eigenvalue weighted by Gasteiger charge is 2.25. The van der Waals surface area contributed by atoms with Crippen LogP contribution >= 0.6 is 0 Å². The lowest BCUT2D eigenvalue weighted by Crippen LogP contribution is -2.43. The van der Waals surface area contributed by atoms with Crippen LogP contribution in [0.5, 0.6) is 0 Å². The molecule has 1 aromatic heterocycles. The van der Waals surface area contributed by atoms with Crippen molar-refractivity contribution >= 4 is 5.91 Å². The largest absolute Gasteiger partial charge is 0.355 e. The monoisotopic (exact) mass is 279 g/mol. The molecule has 0 bridgehead atoms. The second-order valence-corrected chi connectivity index (χ2v) is 5.53. The first-order valence-corrected chi connectivity index (χ1v) is 7.29. The van der Waals surface area contributed by atoms with Gasteiger partial charge in [0.2, 0.25) is 5.91 Å². The first-order chi connectivity index (χ1) is 9.61. The average Bonchev–Trinajstić information content (AvgIpc) is 2.77. The number of aryl methyl sites for hydroxylation is 1. The molecule has 0 aromatic carbocycles. The van der Waals surface area contributed by atoms with Crippen LogP contribution in [0.25, 0.3) is 0 Å². The summed E-state index contributed by atoms with van der Waals surface area (Å²) >= 11 is 0. The summed E-state index contributed by atoms with van der Waals surface area (Å²) in [6.07, 6.45) is 3.96. The minimum absolute atomic E-state index is 0.0901. The summed E-state index contributed by atoms with van der Waals surface area (Å²) in [5.41, 5.74) is 7.86. The van der Waals surface area contributed by atoms with Gasteiger partial charge in [0.15, 0.2) is 0 Å². The van der Waals surface area contributed by atoms with Gasteiger partial charge in [-0.2, -0.15) is 5.10 Å². The average molecular weight is 279 g/mol. The first kappa shape index (κ1) is 15.0. The molecular formula is C14H25N5O. The highest BCUT2D eigenvalue weighted by Crippen LogP contribution is 2.19. The summed E-state index contributed by atoms with van der Waals surface area (Å²) in [7, 11) is 1.96. The Hall–Kier alpha value is -1.40. The molecular weight excluding hydrogens is 254 g/mol. The fourth-order valence-corrected chi connectivity index (χ4v) is 2.69. The second-order valence-electron chi connectivity index (χ2n) is 5.53. The third kappa shape index (κ3) is 3.58. The van der Waals surface area contributed by atoms with E-state index in [4.69, 9.17) is 5.73 Å². The van der Waals surface area contributed by atoms with Crippen molar-refractivity contribution in [1.82, 2.24) is 20.0 Å². The Morgan fingerprint density at radius 2 is 2.40 bits per heavy atom. The summed E-state index contributed by atoms with van der Waals surface area (Å²) in [6.45, 7) is 5.89. The maximum Gasteiger partial charge on any atom is 0.224 e. The molecule has 1 aliphatic rings. The normalized spacial score (nSPS) is 20.1. The van der Waals surface area contributed by atoms with E-state index < -0.39 is 0 Å². The van der Waals surface area contributed by atoms with Crippen LogP contribution in [0, 0.1) is 12.8 Å². The van der Waals surface area contributed by atoms with Gasteiger partial charge in [0.1, 0.15) is 0 Å². The molecule has 0 spiro atoms. The Morgan fingerprint density at radius 3 is 3.05 bits per heavy atom. The van der Waals surface area contributed by atoms with Gasteiger partial charge < -0.3 is 11.1 Å². The number of aromatic nitrogens is 2. The van der Waals surface area contributed by atoms with Gasteiger partial charge >= 0.3 is 0 Å². The van der Waals surface area contributed by atoms with Crippen molar-refractivity contribution in [2.75, 3.05) is 26.2 Å². The van der Waals surface area contributed by atoms with Gasteiger partial charge in [-0.15, -0.1) is 0 Å². The van der Waals surface area contributed by atoms with Crippen molar-refractivity contribution in [3.05, 3.63) is 17.5 Å². The number of nitrogens with zero attached hydrogens (tertiary/aromatic N) is 3. The van der Waals surface area contributed by atoms with Crippen LogP contribution in [0.1, 0.15) is 24.1 Å². The van der Waals surface area contributed by atoms with Gasteiger partial charge in [0.05, 0.1) is 12.1 Å². The van der Waals surface area contributed by atoms with E-state index in [0.717, 1.165) is 32.5 Å². The number of carbonyl (C=O) groups is 1. The summed E-state index contributed by atoms with van der Waals surface area (Å²) in [4.78, 5) is 14.4. The molecule has 1 aliphatic heterocycles. The van der Waals surface area contributed by atoms with E-state index in [1.54, 1.807) is 0 Å². The lowest BCUT2D eigenvalue weighted by molar-refractivity contribution is -0.126. The van der Waals surface area contributed by atoms with Crippen LogP contribution in [0.2, 0.25) is 0 Å². The minimum atomic E-state index is 0.0901. The maximum absolute atomic E-state index is 12.0. The molecule has 6 nitrogen and oxygen atoms in total. The standard InChI is InChI=1S/C14H25N5O/c1-11-13(8-17-18(11)2)10-19-7-3-4-12(9-19)14(20)16-6-5-15/h8,12H,3-7,9-10,15H2,1-2H3,(H,16,20). The number of nitrogens with one attached hydrogen (secondary N) is 1. The molecule has 1 aromatic rings. The molecule has 1 saturated heterocycles.